The molecule has 0 saturated carbocycles. The van der Waals surface area contributed by atoms with Crippen molar-refractivity contribution in [2.24, 2.45) is 0 Å². The van der Waals surface area contributed by atoms with Crippen molar-refractivity contribution in [3.63, 3.8) is 0 Å². The first kappa shape index (κ1) is 15.1. The molecule has 0 spiro atoms. The highest BCUT2D eigenvalue weighted by atomic mass is 32.2. The SMILES string of the molecule is Cc1n[nH]c(C)c1S(=O)(=O)NC(C)CCN(C)C. The summed E-state index contributed by atoms with van der Waals surface area (Å²) in [4.78, 5) is 2.29. The van der Waals surface area contributed by atoms with Crippen LogP contribution < -0.4 is 4.72 Å². The Balaban J connectivity index is 2.77. The van der Waals surface area contributed by atoms with Crippen molar-refractivity contribution >= 4 is 10.0 Å². The Kier molecular flexibility index (Phi) is 4.89. The van der Waals surface area contributed by atoms with Crippen LogP contribution >= 0.6 is 0 Å². The second kappa shape index (κ2) is 5.81. The van der Waals surface area contributed by atoms with E-state index in [-0.39, 0.29) is 10.9 Å². The summed E-state index contributed by atoms with van der Waals surface area (Å²) in [5.74, 6) is 0. The van der Waals surface area contributed by atoms with Crippen molar-refractivity contribution in [2.75, 3.05) is 20.6 Å². The number of H-pyrrole nitrogens is 1. The lowest BCUT2D eigenvalue weighted by molar-refractivity contribution is 0.379. The first-order chi connectivity index (χ1) is 8.24. The van der Waals surface area contributed by atoms with Crippen LogP contribution in [0.3, 0.4) is 0 Å². The van der Waals surface area contributed by atoms with Gasteiger partial charge in [0.25, 0.3) is 0 Å². The summed E-state index contributed by atoms with van der Waals surface area (Å²) in [5, 5.41) is 6.60. The van der Waals surface area contributed by atoms with E-state index in [2.05, 4.69) is 14.9 Å². The third-order valence-corrected chi connectivity index (χ3v) is 4.55. The highest BCUT2D eigenvalue weighted by Crippen LogP contribution is 2.16. The number of hydrogen-bond acceptors (Lipinski definition) is 4. The molecule has 0 radical (unpaired) electrons. The molecule has 0 aliphatic heterocycles. The molecule has 0 amide bonds. The number of aromatic nitrogens is 2. The van der Waals surface area contributed by atoms with Crippen molar-refractivity contribution in [1.29, 1.82) is 0 Å². The predicted molar refractivity (Wildman–Crippen MR) is 71.0 cm³/mol. The average molecular weight is 274 g/mol. The van der Waals surface area contributed by atoms with Gasteiger partial charge in [-0.2, -0.15) is 5.10 Å². The van der Waals surface area contributed by atoms with Crippen LogP contribution in [0.25, 0.3) is 0 Å². The molecule has 18 heavy (non-hydrogen) atoms. The van der Waals surface area contributed by atoms with Crippen molar-refractivity contribution in [3.8, 4) is 0 Å². The molecule has 0 aliphatic rings. The van der Waals surface area contributed by atoms with Crippen molar-refractivity contribution in [1.82, 2.24) is 19.8 Å². The standard InChI is InChI=1S/C11H22N4O2S/c1-8(6-7-15(4)5)14-18(16,17)11-9(2)12-13-10(11)3/h8,14H,6-7H2,1-5H3,(H,12,13). The van der Waals surface area contributed by atoms with Gasteiger partial charge in [0.15, 0.2) is 0 Å². The van der Waals surface area contributed by atoms with Gasteiger partial charge in [-0.1, -0.05) is 0 Å². The van der Waals surface area contributed by atoms with Crippen LogP contribution in [0.1, 0.15) is 24.7 Å². The predicted octanol–water partition coefficient (Wildman–Crippen LogP) is 0.645. The van der Waals surface area contributed by atoms with Crippen LogP contribution in [0.15, 0.2) is 4.90 Å². The zero-order valence-corrected chi connectivity index (χ0v) is 12.4. The van der Waals surface area contributed by atoms with Crippen LogP contribution in [0, 0.1) is 13.8 Å². The molecule has 0 saturated heterocycles. The normalized spacial score (nSPS) is 14.1. The van der Waals surface area contributed by atoms with Crippen molar-refractivity contribution < 1.29 is 8.42 Å². The Morgan fingerprint density at radius 1 is 1.39 bits per heavy atom. The van der Waals surface area contributed by atoms with Gasteiger partial charge in [0.05, 0.1) is 11.4 Å². The molecule has 1 atom stereocenters. The third-order valence-electron chi connectivity index (χ3n) is 2.69. The van der Waals surface area contributed by atoms with Crippen LogP contribution in [-0.4, -0.2) is 50.2 Å². The maximum atomic E-state index is 12.2. The molecule has 1 aromatic rings. The van der Waals surface area contributed by atoms with Gasteiger partial charge >= 0.3 is 0 Å². The van der Waals surface area contributed by atoms with Crippen molar-refractivity contribution in [3.05, 3.63) is 11.4 Å². The highest BCUT2D eigenvalue weighted by Gasteiger charge is 2.23. The maximum Gasteiger partial charge on any atom is 0.244 e. The molecule has 1 unspecified atom stereocenters. The smallest absolute Gasteiger partial charge is 0.244 e. The van der Waals surface area contributed by atoms with E-state index in [4.69, 9.17) is 0 Å². The number of nitrogens with zero attached hydrogens (tertiary/aromatic N) is 2. The van der Waals surface area contributed by atoms with E-state index >= 15 is 0 Å². The molecule has 0 aliphatic carbocycles. The number of hydrogen-bond donors (Lipinski definition) is 2. The molecular weight excluding hydrogens is 252 g/mol. The van der Waals surface area contributed by atoms with E-state index in [1.165, 1.54) is 0 Å². The van der Waals surface area contributed by atoms with Gasteiger partial charge in [-0.25, -0.2) is 13.1 Å². The molecule has 7 heteroatoms. The average Bonchev–Trinajstić information content (AvgIpc) is 2.55. The van der Waals surface area contributed by atoms with Gasteiger partial charge in [0.2, 0.25) is 10.0 Å². The Morgan fingerprint density at radius 3 is 2.44 bits per heavy atom. The van der Waals surface area contributed by atoms with Gasteiger partial charge in [-0.15, -0.1) is 0 Å². The van der Waals surface area contributed by atoms with Gasteiger partial charge in [0.1, 0.15) is 4.90 Å². The molecule has 0 bridgehead atoms. The molecule has 1 aromatic heterocycles. The molecular formula is C11H22N4O2S. The fourth-order valence-electron chi connectivity index (χ4n) is 1.77. The third kappa shape index (κ3) is 3.79. The van der Waals surface area contributed by atoms with E-state index in [1.54, 1.807) is 13.8 Å². The van der Waals surface area contributed by atoms with E-state index in [1.807, 2.05) is 25.9 Å². The maximum absolute atomic E-state index is 12.2. The lowest BCUT2D eigenvalue weighted by Gasteiger charge is -2.16. The summed E-state index contributed by atoms with van der Waals surface area (Å²) in [6.07, 6.45) is 0.766. The van der Waals surface area contributed by atoms with Gasteiger partial charge in [0, 0.05) is 6.04 Å². The van der Waals surface area contributed by atoms with E-state index in [0.717, 1.165) is 13.0 Å². The topological polar surface area (TPSA) is 78.1 Å². The fourth-order valence-corrected chi connectivity index (χ4v) is 3.42. The van der Waals surface area contributed by atoms with Gasteiger partial charge in [-0.05, 0) is 47.8 Å². The number of nitrogens with one attached hydrogen (secondary N) is 2. The Bertz CT molecular complexity index is 474. The number of aryl methyl sites for hydroxylation is 2. The van der Waals surface area contributed by atoms with Gasteiger partial charge in [-0.3, -0.25) is 5.10 Å². The lowest BCUT2D eigenvalue weighted by Crippen LogP contribution is -2.35. The quantitative estimate of drug-likeness (QED) is 0.798. The molecule has 6 nitrogen and oxygen atoms in total. The summed E-state index contributed by atoms with van der Waals surface area (Å²) in [6.45, 7) is 6.10. The van der Waals surface area contributed by atoms with Crippen LogP contribution in [-0.2, 0) is 10.0 Å². The number of aromatic amines is 1. The van der Waals surface area contributed by atoms with Crippen LogP contribution in [0.5, 0.6) is 0 Å². The lowest BCUT2D eigenvalue weighted by atomic mass is 10.2. The van der Waals surface area contributed by atoms with Crippen molar-refractivity contribution in [2.45, 2.75) is 38.1 Å². The van der Waals surface area contributed by atoms with E-state index < -0.39 is 10.0 Å². The second-order valence-electron chi connectivity index (χ2n) is 4.88. The minimum absolute atomic E-state index is 0.105. The fraction of sp³-hybridized carbons (Fsp3) is 0.727. The van der Waals surface area contributed by atoms with Crippen LogP contribution in [0.2, 0.25) is 0 Å². The number of rotatable bonds is 6. The van der Waals surface area contributed by atoms with E-state index in [9.17, 15) is 8.42 Å². The summed E-state index contributed by atoms with van der Waals surface area (Å²) in [6, 6.07) is -0.105. The molecule has 1 heterocycles. The zero-order valence-electron chi connectivity index (χ0n) is 11.6. The van der Waals surface area contributed by atoms with Crippen LogP contribution in [0.4, 0.5) is 0 Å². The zero-order chi connectivity index (χ0) is 13.9. The summed E-state index contributed by atoms with van der Waals surface area (Å²) < 4.78 is 27.1. The molecule has 2 N–H and O–H groups in total. The first-order valence-electron chi connectivity index (χ1n) is 5.92. The molecule has 0 fully saturated rings. The first-order valence-corrected chi connectivity index (χ1v) is 7.41. The van der Waals surface area contributed by atoms with Gasteiger partial charge < -0.3 is 4.90 Å². The molecule has 0 aromatic carbocycles. The molecule has 104 valence electrons. The Morgan fingerprint density at radius 2 is 2.00 bits per heavy atom. The minimum Gasteiger partial charge on any atom is -0.309 e. The second-order valence-corrected chi connectivity index (χ2v) is 6.53. The monoisotopic (exact) mass is 274 g/mol. The largest absolute Gasteiger partial charge is 0.309 e. The minimum atomic E-state index is -3.49. The Hall–Kier alpha value is -0.920. The summed E-state index contributed by atoms with van der Waals surface area (Å²) in [5.41, 5.74) is 1.07. The highest BCUT2D eigenvalue weighted by molar-refractivity contribution is 7.89. The molecule has 1 rings (SSSR count). The summed E-state index contributed by atoms with van der Waals surface area (Å²) in [7, 11) is 0.440. The summed E-state index contributed by atoms with van der Waals surface area (Å²) >= 11 is 0. The Labute approximate surface area is 109 Å². The van der Waals surface area contributed by atoms with E-state index in [0.29, 0.717) is 11.4 Å². The number of sulfonamides is 1.